The molecule has 1 rings (SSSR count). The van der Waals surface area contributed by atoms with Crippen molar-refractivity contribution in [2.75, 3.05) is 0 Å². The Morgan fingerprint density at radius 1 is 1.21 bits per heavy atom. The second-order valence-electron chi connectivity index (χ2n) is 3.54. The van der Waals surface area contributed by atoms with Crippen LogP contribution in [0.3, 0.4) is 0 Å². The van der Waals surface area contributed by atoms with E-state index in [1.165, 1.54) is 7.05 Å². The second-order valence-corrected chi connectivity index (χ2v) is 3.54. The first-order chi connectivity index (χ1) is 6.12. The lowest BCUT2D eigenvalue weighted by molar-refractivity contribution is -0.139. The summed E-state index contributed by atoms with van der Waals surface area (Å²) >= 11 is 0. The van der Waals surface area contributed by atoms with Crippen LogP contribution in [0.1, 0.15) is 25.1 Å². The number of nitrogens with zero attached hydrogens (tertiary/aromatic N) is 2. The predicted molar refractivity (Wildman–Crippen MR) is 42.3 cm³/mol. The molecule has 0 amide bonds. The maximum atomic E-state index is 13.3. The molecule has 1 heterocycles. The molecular weight excluding hydrogens is 200 g/mol. The van der Waals surface area contributed by atoms with Gasteiger partial charge in [0.25, 0.3) is 0 Å². The Labute approximate surface area is 78.5 Å². The highest BCUT2D eigenvalue weighted by molar-refractivity contribution is 5.25. The number of aromatic nitrogens is 2. The summed E-state index contributed by atoms with van der Waals surface area (Å²) < 4.78 is 51.4. The maximum absolute atomic E-state index is 13.3. The fourth-order valence-corrected chi connectivity index (χ4v) is 1.14. The van der Waals surface area contributed by atoms with Gasteiger partial charge in [-0.2, -0.15) is 18.3 Å². The normalized spacial score (nSPS) is 13.4. The Bertz CT molecular complexity index is 301. The molecule has 80 valence electrons. The van der Waals surface area contributed by atoms with Crippen LogP contribution in [0, 0.1) is 0 Å². The first-order valence-electron chi connectivity index (χ1n) is 3.92. The number of rotatable bonds is 1. The Kier molecular flexibility index (Phi) is 2.33. The zero-order valence-corrected chi connectivity index (χ0v) is 7.98. The first-order valence-corrected chi connectivity index (χ1v) is 3.92. The van der Waals surface area contributed by atoms with Crippen LogP contribution in [0.25, 0.3) is 0 Å². The summed E-state index contributed by atoms with van der Waals surface area (Å²) in [6, 6.07) is 0. The van der Waals surface area contributed by atoms with E-state index in [2.05, 4.69) is 5.10 Å². The van der Waals surface area contributed by atoms with Crippen LogP contribution in [0.5, 0.6) is 0 Å². The number of halogens is 4. The monoisotopic (exact) mass is 210 g/mol. The third kappa shape index (κ3) is 2.05. The van der Waals surface area contributed by atoms with Crippen LogP contribution in [-0.2, 0) is 18.9 Å². The highest BCUT2D eigenvalue weighted by atomic mass is 19.4. The fraction of sp³-hybridized carbons (Fsp3) is 0.625. The van der Waals surface area contributed by atoms with Gasteiger partial charge in [-0.05, 0) is 13.8 Å². The van der Waals surface area contributed by atoms with Crippen LogP contribution in [-0.4, -0.2) is 9.78 Å². The van der Waals surface area contributed by atoms with Gasteiger partial charge in [0.2, 0.25) is 0 Å². The zero-order chi connectivity index (χ0) is 11.1. The maximum Gasteiger partial charge on any atom is 0.419 e. The molecule has 0 atom stereocenters. The van der Waals surface area contributed by atoms with Crippen molar-refractivity contribution in [3.8, 4) is 0 Å². The number of aryl methyl sites for hydroxylation is 1. The van der Waals surface area contributed by atoms with E-state index < -0.39 is 23.1 Å². The van der Waals surface area contributed by atoms with Gasteiger partial charge in [-0.25, -0.2) is 4.39 Å². The van der Waals surface area contributed by atoms with Crippen LogP contribution in [0.2, 0.25) is 0 Å². The van der Waals surface area contributed by atoms with Gasteiger partial charge in [0.15, 0.2) is 0 Å². The fourth-order valence-electron chi connectivity index (χ4n) is 1.14. The molecule has 14 heavy (non-hydrogen) atoms. The van der Waals surface area contributed by atoms with E-state index in [-0.39, 0.29) is 0 Å². The van der Waals surface area contributed by atoms with E-state index in [0.717, 1.165) is 24.7 Å². The van der Waals surface area contributed by atoms with Gasteiger partial charge in [-0.3, -0.25) is 4.68 Å². The Balaban J connectivity index is 3.31. The minimum absolute atomic E-state index is 0.576. The summed E-state index contributed by atoms with van der Waals surface area (Å²) in [7, 11) is 1.32. The summed E-state index contributed by atoms with van der Waals surface area (Å²) in [5, 5.41) is 3.47. The third-order valence-electron chi connectivity index (χ3n) is 1.70. The van der Waals surface area contributed by atoms with E-state index >= 15 is 0 Å². The first kappa shape index (κ1) is 11.0. The van der Waals surface area contributed by atoms with Crippen molar-refractivity contribution >= 4 is 0 Å². The number of hydrogen-bond acceptors (Lipinski definition) is 1. The molecular formula is C8H10F4N2. The molecule has 6 heteroatoms. The molecule has 0 aliphatic carbocycles. The number of hydrogen-bond donors (Lipinski definition) is 0. The lowest BCUT2D eigenvalue weighted by Gasteiger charge is -2.14. The molecule has 0 saturated heterocycles. The summed E-state index contributed by atoms with van der Waals surface area (Å²) in [6.07, 6.45) is -3.79. The summed E-state index contributed by atoms with van der Waals surface area (Å²) in [4.78, 5) is 0. The van der Waals surface area contributed by atoms with Gasteiger partial charge in [-0.15, -0.1) is 0 Å². The average molecular weight is 210 g/mol. The predicted octanol–water partition coefficient (Wildman–Crippen LogP) is 2.64. The van der Waals surface area contributed by atoms with Crippen LogP contribution in [0.4, 0.5) is 17.6 Å². The van der Waals surface area contributed by atoms with Gasteiger partial charge in [0.05, 0.1) is 5.56 Å². The molecule has 0 aromatic carbocycles. The molecule has 0 spiro atoms. The van der Waals surface area contributed by atoms with E-state index in [4.69, 9.17) is 0 Å². The molecule has 1 aromatic rings. The van der Waals surface area contributed by atoms with E-state index in [9.17, 15) is 17.6 Å². The molecule has 0 bridgehead atoms. The standard InChI is InChI=1S/C8H10F4N2/c1-7(2,9)6-5(8(10,11)12)4-14(3)13-6/h4H,1-3H3. The molecule has 1 aromatic heterocycles. The highest BCUT2D eigenvalue weighted by Gasteiger charge is 2.40. The van der Waals surface area contributed by atoms with Gasteiger partial charge in [0.1, 0.15) is 11.4 Å². The molecule has 0 fully saturated rings. The average Bonchev–Trinajstić information content (AvgIpc) is 2.27. The minimum atomic E-state index is -4.56. The van der Waals surface area contributed by atoms with Gasteiger partial charge >= 0.3 is 6.18 Å². The minimum Gasteiger partial charge on any atom is -0.275 e. The quantitative estimate of drug-likeness (QED) is 0.651. The molecule has 0 unspecified atom stereocenters. The third-order valence-corrected chi connectivity index (χ3v) is 1.70. The van der Waals surface area contributed by atoms with Gasteiger partial charge in [-0.1, -0.05) is 0 Å². The van der Waals surface area contributed by atoms with Crippen molar-refractivity contribution in [1.29, 1.82) is 0 Å². The smallest absolute Gasteiger partial charge is 0.275 e. The SMILES string of the molecule is Cn1cc(C(F)(F)F)c(C(C)(C)F)n1. The van der Waals surface area contributed by atoms with Crippen LogP contribution in [0.15, 0.2) is 6.20 Å². The highest BCUT2D eigenvalue weighted by Crippen LogP contribution is 2.37. The Morgan fingerprint density at radius 3 is 2.00 bits per heavy atom. The summed E-state index contributed by atoms with van der Waals surface area (Å²) in [6.45, 7) is 2.09. The van der Waals surface area contributed by atoms with Gasteiger partial charge in [0, 0.05) is 13.2 Å². The van der Waals surface area contributed by atoms with E-state index in [1.54, 1.807) is 0 Å². The van der Waals surface area contributed by atoms with Crippen molar-refractivity contribution in [2.24, 2.45) is 7.05 Å². The summed E-state index contributed by atoms with van der Waals surface area (Å²) in [5.41, 5.74) is -3.69. The summed E-state index contributed by atoms with van der Waals surface area (Å²) in [5.74, 6) is 0. The lowest BCUT2D eigenvalue weighted by atomic mass is 10.0. The topological polar surface area (TPSA) is 17.8 Å². The van der Waals surface area contributed by atoms with Crippen molar-refractivity contribution in [1.82, 2.24) is 9.78 Å². The second kappa shape index (κ2) is 2.96. The molecule has 0 N–H and O–H groups in total. The zero-order valence-electron chi connectivity index (χ0n) is 7.98. The van der Waals surface area contributed by atoms with Crippen molar-refractivity contribution in [2.45, 2.75) is 25.7 Å². The molecule has 2 nitrogen and oxygen atoms in total. The number of alkyl halides is 4. The lowest BCUT2D eigenvalue weighted by Crippen LogP contribution is -2.17. The largest absolute Gasteiger partial charge is 0.419 e. The van der Waals surface area contributed by atoms with Crippen LogP contribution < -0.4 is 0 Å². The van der Waals surface area contributed by atoms with Gasteiger partial charge < -0.3 is 0 Å². The Morgan fingerprint density at radius 2 is 1.71 bits per heavy atom. The Hall–Kier alpha value is -1.07. The van der Waals surface area contributed by atoms with Crippen molar-refractivity contribution in [3.63, 3.8) is 0 Å². The molecule has 0 radical (unpaired) electrons. The van der Waals surface area contributed by atoms with E-state index in [1.807, 2.05) is 0 Å². The molecule has 0 saturated carbocycles. The molecule has 0 aliphatic heterocycles. The van der Waals surface area contributed by atoms with Crippen molar-refractivity contribution < 1.29 is 17.6 Å². The van der Waals surface area contributed by atoms with Crippen LogP contribution >= 0.6 is 0 Å². The molecule has 0 aliphatic rings. The van der Waals surface area contributed by atoms with E-state index in [0.29, 0.717) is 0 Å². The van der Waals surface area contributed by atoms with Crippen molar-refractivity contribution in [3.05, 3.63) is 17.5 Å².